The second-order valence-corrected chi connectivity index (χ2v) is 6.51. The number of ether oxygens (including phenoxy) is 5. The number of H-pyrrole nitrogens is 1. The van der Waals surface area contributed by atoms with E-state index in [1.165, 1.54) is 0 Å². The third-order valence-corrected chi connectivity index (χ3v) is 4.65. The molecule has 0 saturated carbocycles. The predicted octanol–water partition coefficient (Wildman–Crippen LogP) is 3.34. The van der Waals surface area contributed by atoms with Gasteiger partial charge in [-0.15, -0.1) is 0 Å². The van der Waals surface area contributed by atoms with Crippen molar-refractivity contribution in [3.05, 3.63) is 41.7 Å². The lowest BCUT2D eigenvalue weighted by Gasteiger charge is -2.15. The van der Waals surface area contributed by atoms with Crippen molar-refractivity contribution in [2.24, 2.45) is 5.73 Å². The molecule has 2 aromatic carbocycles. The fraction of sp³-hybridized carbons (Fsp3) is 0.364. The fourth-order valence-corrected chi connectivity index (χ4v) is 3.17. The van der Waals surface area contributed by atoms with E-state index in [1.807, 2.05) is 32.0 Å². The van der Waals surface area contributed by atoms with Crippen molar-refractivity contribution in [1.82, 2.24) is 15.2 Å². The zero-order chi connectivity index (χ0) is 22.4. The Morgan fingerprint density at radius 3 is 2.10 bits per heavy atom. The zero-order valence-electron chi connectivity index (χ0n) is 18.4. The van der Waals surface area contributed by atoms with Crippen molar-refractivity contribution < 1.29 is 23.7 Å². The Labute approximate surface area is 181 Å². The van der Waals surface area contributed by atoms with Gasteiger partial charge in [-0.05, 0) is 43.7 Å². The quantitative estimate of drug-likeness (QED) is 0.505. The molecule has 0 aliphatic heterocycles. The van der Waals surface area contributed by atoms with Crippen LogP contribution in [0.4, 0.5) is 0 Å². The topological polar surface area (TPSA) is 114 Å². The Balaban J connectivity index is 1.93. The van der Waals surface area contributed by atoms with Crippen molar-refractivity contribution in [2.75, 3.05) is 34.5 Å². The molecule has 1 heterocycles. The van der Waals surface area contributed by atoms with Crippen LogP contribution in [0.2, 0.25) is 0 Å². The summed E-state index contributed by atoms with van der Waals surface area (Å²) in [6.07, 6.45) is 0. The maximum absolute atomic E-state index is 6.46. The molecule has 0 radical (unpaired) electrons. The summed E-state index contributed by atoms with van der Waals surface area (Å²) in [7, 11) is 4.67. The van der Waals surface area contributed by atoms with Crippen LogP contribution in [0.3, 0.4) is 0 Å². The Kier molecular flexibility index (Phi) is 7.19. The molecule has 166 valence electrons. The van der Waals surface area contributed by atoms with E-state index in [-0.39, 0.29) is 0 Å². The van der Waals surface area contributed by atoms with E-state index >= 15 is 0 Å². The Bertz CT molecular complexity index is 996. The van der Waals surface area contributed by atoms with Gasteiger partial charge in [0.1, 0.15) is 5.82 Å². The van der Waals surface area contributed by atoms with Gasteiger partial charge >= 0.3 is 0 Å². The highest BCUT2D eigenvalue weighted by Crippen LogP contribution is 2.40. The van der Waals surface area contributed by atoms with E-state index in [4.69, 9.17) is 29.4 Å². The molecular formula is C22H28N4O5. The van der Waals surface area contributed by atoms with Crippen molar-refractivity contribution in [1.29, 1.82) is 0 Å². The second-order valence-electron chi connectivity index (χ2n) is 6.51. The van der Waals surface area contributed by atoms with Crippen LogP contribution in [-0.2, 0) is 0 Å². The smallest absolute Gasteiger partial charge is 0.203 e. The third-order valence-electron chi connectivity index (χ3n) is 4.65. The van der Waals surface area contributed by atoms with Crippen molar-refractivity contribution in [3.8, 4) is 40.1 Å². The second kappa shape index (κ2) is 10.0. The molecule has 0 unspecified atom stereocenters. The van der Waals surface area contributed by atoms with Crippen molar-refractivity contribution >= 4 is 0 Å². The van der Waals surface area contributed by atoms with Crippen LogP contribution in [0, 0.1) is 0 Å². The molecule has 0 bridgehead atoms. The van der Waals surface area contributed by atoms with Gasteiger partial charge in [-0.1, -0.05) is 6.07 Å². The third kappa shape index (κ3) is 4.66. The number of methoxy groups -OCH3 is 3. The summed E-state index contributed by atoms with van der Waals surface area (Å²) < 4.78 is 27.5. The van der Waals surface area contributed by atoms with Crippen LogP contribution in [0.25, 0.3) is 11.4 Å². The Morgan fingerprint density at radius 2 is 1.52 bits per heavy atom. The lowest BCUT2D eigenvalue weighted by Crippen LogP contribution is -2.14. The van der Waals surface area contributed by atoms with E-state index in [0.29, 0.717) is 59.2 Å². The molecule has 0 spiro atoms. The normalized spacial score (nSPS) is 11.7. The lowest BCUT2D eigenvalue weighted by molar-refractivity contribution is 0.287. The number of nitrogens with one attached hydrogen (secondary N) is 1. The average Bonchev–Trinajstić information content (AvgIpc) is 3.29. The van der Waals surface area contributed by atoms with Crippen LogP contribution in [0.15, 0.2) is 30.3 Å². The van der Waals surface area contributed by atoms with Gasteiger partial charge in [0.15, 0.2) is 28.8 Å². The molecule has 31 heavy (non-hydrogen) atoms. The molecule has 0 saturated heterocycles. The minimum absolute atomic E-state index is 0.459. The van der Waals surface area contributed by atoms with Gasteiger partial charge in [0.05, 0.1) is 40.6 Å². The summed E-state index contributed by atoms with van der Waals surface area (Å²) in [6.45, 7) is 4.91. The molecule has 0 amide bonds. The van der Waals surface area contributed by atoms with E-state index in [0.717, 1.165) is 5.56 Å². The molecule has 3 N–H and O–H groups in total. The molecule has 1 atom stereocenters. The average molecular weight is 428 g/mol. The van der Waals surface area contributed by atoms with Crippen LogP contribution in [-0.4, -0.2) is 49.7 Å². The van der Waals surface area contributed by atoms with Crippen LogP contribution in [0.5, 0.6) is 28.7 Å². The van der Waals surface area contributed by atoms with Crippen LogP contribution < -0.4 is 29.4 Å². The van der Waals surface area contributed by atoms with Gasteiger partial charge in [0, 0.05) is 5.56 Å². The van der Waals surface area contributed by atoms with E-state index in [2.05, 4.69) is 15.2 Å². The predicted molar refractivity (Wildman–Crippen MR) is 116 cm³/mol. The lowest BCUT2D eigenvalue weighted by atomic mass is 10.1. The number of hydrogen-bond acceptors (Lipinski definition) is 8. The standard InChI is InChI=1S/C22H28N4O5/c1-6-30-15-9-8-13(10-16(15)31-7-2)19(23)22-24-21(25-26-22)14-11-17(27-3)20(29-5)18(12-14)28-4/h8-12,19H,6-7,23H2,1-5H3,(H,24,25,26)/t19-/m0/s1. The minimum Gasteiger partial charge on any atom is -0.493 e. The number of hydrogen-bond donors (Lipinski definition) is 2. The highest BCUT2D eigenvalue weighted by atomic mass is 16.5. The molecule has 1 aromatic heterocycles. The minimum atomic E-state index is -0.529. The van der Waals surface area contributed by atoms with Crippen LogP contribution in [0.1, 0.15) is 31.3 Å². The van der Waals surface area contributed by atoms with Gasteiger partial charge < -0.3 is 29.4 Å². The molecular weight excluding hydrogens is 400 g/mol. The van der Waals surface area contributed by atoms with Gasteiger partial charge in [0.25, 0.3) is 0 Å². The van der Waals surface area contributed by atoms with Gasteiger partial charge in [-0.25, -0.2) is 4.98 Å². The number of rotatable bonds is 10. The monoisotopic (exact) mass is 428 g/mol. The molecule has 3 aromatic rings. The summed E-state index contributed by atoms with van der Waals surface area (Å²) in [5.41, 5.74) is 7.97. The van der Waals surface area contributed by atoms with Crippen molar-refractivity contribution in [3.63, 3.8) is 0 Å². The first-order valence-corrected chi connectivity index (χ1v) is 9.93. The number of nitrogens with zero attached hydrogens (tertiary/aromatic N) is 2. The fourth-order valence-electron chi connectivity index (χ4n) is 3.17. The molecule has 0 fully saturated rings. The molecule has 3 rings (SSSR count). The Hall–Kier alpha value is -3.46. The number of aromatic amines is 1. The number of aromatic nitrogens is 3. The number of benzene rings is 2. The first-order chi connectivity index (χ1) is 15.1. The first-order valence-electron chi connectivity index (χ1n) is 9.93. The van der Waals surface area contributed by atoms with E-state index in [1.54, 1.807) is 33.5 Å². The molecule has 9 nitrogen and oxygen atoms in total. The summed E-state index contributed by atoms with van der Waals surface area (Å²) in [5.74, 6) is 3.81. The highest BCUT2D eigenvalue weighted by Gasteiger charge is 2.20. The maximum atomic E-state index is 6.46. The summed E-state index contributed by atoms with van der Waals surface area (Å²) in [5, 5.41) is 7.25. The largest absolute Gasteiger partial charge is 0.493 e. The van der Waals surface area contributed by atoms with Crippen LogP contribution >= 0.6 is 0 Å². The van der Waals surface area contributed by atoms with Gasteiger partial charge in [-0.2, -0.15) is 5.10 Å². The molecule has 0 aliphatic carbocycles. The zero-order valence-corrected chi connectivity index (χ0v) is 18.4. The number of nitrogens with two attached hydrogens (primary N) is 1. The first kappa shape index (κ1) is 22.2. The van der Waals surface area contributed by atoms with Crippen molar-refractivity contribution in [2.45, 2.75) is 19.9 Å². The summed E-state index contributed by atoms with van der Waals surface area (Å²) >= 11 is 0. The molecule has 0 aliphatic rings. The van der Waals surface area contributed by atoms with Gasteiger partial charge in [0.2, 0.25) is 5.75 Å². The summed E-state index contributed by atoms with van der Waals surface area (Å²) in [4.78, 5) is 4.58. The SMILES string of the molecule is CCOc1ccc([C@H](N)c2nc(-c3cc(OC)c(OC)c(OC)c3)n[nH]2)cc1OCC. The van der Waals surface area contributed by atoms with Gasteiger partial charge in [-0.3, -0.25) is 5.10 Å². The Morgan fingerprint density at radius 1 is 0.871 bits per heavy atom. The highest BCUT2D eigenvalue weighted by molar-refractivity contribution is 5.66. The van der Waals surface area contributed by atoms with E-state index < -0.39 is 6.04 Å². The summed E-state index contributed by atoms with van der Waals surface area (Å²) in [6, 6.07) is 8.63. The molecule has 9 heteroatoms. The van der Waals surface area contributed by atoms with E-state index in [9.17, 15) is 0 Å². The maximum Gasteiger partial charge on any atom is 0.203 e.